The van der Waals surface area contributed by atoms with E-state index in [1.54, 1.807) is 0 Å². The Morgan fingerprint density at radius 1 is 0.500 bits per heavy atom. The lowest BCUT2D eigenvalue weighted by Crippen LogP contribution is -2.02. The fraction of sp³-hybridized carbons (Fsp3) is 0.133. The Hall–Kier alpha value is -4.18. The van der Waals surface area contributed by atoms with Crippen LogP contribution in [-0.2, 0) is 0 Å². The molecule has 0 unspecified atom stereocenters. The monoisotopic (exact) mass is 444 g/mol. The minimum absolute atomic E-state index is 0.908. The Kier molecular flexibility index (Phi) is 5.72. The van der Waals surface area contributed by atoms with Crippen molar-refractivity contribution in [3.05, 3.63) is 96.3 Å². The van der Waals surface area contributed by atoms with E-state index in [1.807, 2.05) is 13.8 Å². The summed E-state index contributed by atoms with van der Waals surface area (Å²) < 4.78 is 0. The van der Waals surface area contributed by atoms with Gasteiger partial charge in [-0.15, -0.1) is 0 Å². The Bertz CT molecular complexity index is 1420. The predicted octanol–water partition coefficient (Wildman–Crippen LogP) is 8.52. The fourth-order valence-electron chi connectivity index (χ4n) is 4.41. The molecule has 0 spiro atoms. The Morgan fingerprint density at radius 2 is 0.853 bits per heavy atom. The van der Waals surface area contributed by atoms with E-state index in [4.69, 9.17) is 9.98 Å². The Labute approximate surface area is 200 Å². The number of fused-ring (bicyclic) bond motifs is 4. The summed E-state index contributed by atoms with van der Waals surface area (Å²) >= 11 is 0. The molecule has 34 heavy (non-hydrogen) atoms. The molecule has 4 heteroatoms. The second-order valence-electron chi connectivity index (χ2n) is 8.84. The highest BCUT2D eigenvalue weighted by molar-refractivity contribution is 6.02. The third-order valence-corrected chi connectivity index (χ3v) is 5.84. The van der Waals surface area contributed by atoms with Gasteiger partial charge in [0.2, 0.25) is 0 Å². The van der Waals surface area contributed by atoms with Gasteiger partial charge in [0.1, 0.15) is 0 Å². The van der Waals surface area contributed by atoms with Crippen molar-refractivity contribution >= 4 is 55.7 Å². The molecule has 5 rings (SSSR count). The Balaban J connectivity index is 1.68. The molecule has 0 bridgehead atoms. The fourth-order valence-corrected chi connectivity index (χ4v) is 4.41. The lowest BCUT2D eigenvalue weighted by molar-refractivity contribution is 1.34. The molecule has 0 aromatic heterocycles. The van der Waals surface area contributed by atoms with Gasteiger partial charge in [0.05, 0.1) is 22.7 Å². The van der Waals surface area contributed by atoms with Crippen molar-refractivity contribution in [2.24, 2.45) is 9.98 Å². The first kappa shape index (κ1) is 21.7. The summed E-state index contributed by atoms with van der Waals surface area (Å²) in [5.74, 6) is 0. The van der Waals surface area contributed by atoms with Gasteiger partial charge in [0.25, 0.3) is 0 Å². The summed E-state index contributed by atoms with van der Waals surface area (Å²) in [4.78, 5) is 9.94. The topological polar surface area (TPSA) is 48.8 Å². The maximum absolute atomic E-state index is 4.97. The van der Waals surface area contributed by atoms with Gasteiger partial charge in [-0.25, -0.2) is 0 Å². The van der Waals surface area contributed by atoms with Crippen LogP contribution in [0.3, 0.4) is 0 Å². The van der Waals surface area contributed by atoms with Gasteiger partial charge in [-0.3, -0.25) is 9.98 Å². The molecule has 0 saturated carbocycles. The second-order valence-corrected chi connectivity index (χ2v) is 8.84. The van der Waals surface area contributed by atoms with Crippen molar-refractivity contribution in [3.63, 3.8) is 0 Å². The van der Waals surface area contributed by atoms with Gasteiger partial charge in [0, 0.05) is 22.8 Å². The summed E-state index contributed by atoms with van der Waals surface area (Å²) in [5, 5.41) is 11.8. The van der Waals surface area contributed by atoms with E-state index in [-0.39, 0.29) is 0 Å². The van der Waals surface area contributed by atoms with Gasteiger partial charge in [-0.05, 0) is 85.7 Å². The number of hydrogen-bond donors (Lipinski definition) is 2. The number of rotatable bonds is 0. The zero-order chi connectivity index (χ0) is 23.7. The van der Waals surface area contributed by atoms with Crippen LogP contribution in [0.4, 0.5) is 22.7 Å². The number of nitrogens with zero attached hydrogens (tertiary/aromatic N) is 2. The van der Waals surface area contributed by atoms with Crippen LogP contribution in [0.2, 0.25) is 0 Å². The number of nitrogens with one attached hydrogen (secondary N) is 2. The van der Waals surface area contributed by atoms with Gasteiger partial charge in [0.15, 0.2) is 0 Å². The average molecular weight is 445 g/mol. The lowest BCUT2D eigenvalue weighted by Gasteiger charge is -2.15. The van der Waals surface area contributed by atoms with Crippen LogP contribution >= 0.6 is 0 Å². The third-order valence-electron chi connectivity index (χ3n) is 5.84. The van der Waals surface area contributed by atoms with Crippen molar-refractivity contribution < 1.29 is 0 Å². The van der Waals surface area contributed by atoms with E-state index in [0.717, 1.165) is 45.6 Å². The van der Waals surface area contributed by atoms with Crippen LogP contribution in [0.5, 0.6) is 0 Å². The molecule has 1 heterocycles. The Morgan fingerprint density at radius 3 is 1.24 bits per heavy atom. The first-order valence-corrected chi connectivity index (χ1v) is 11.5. The molecule has 4 aromatic rings. The largest absolute Gasteiger partial charge is 0.357 e. The van der Waals surface area contributed by atoms with Gasteiger partial charge >= 0.3 is 0 Å². The molecular weight excluding hydrogens is 416 g/mol. The molecule has 1 aliphatic rings. The van der Waals surface area contributed by atoms with E-state index < -0.39 is 0 Å². The number of allylic oxidation sites excluding steroid dienone is 4. The second kappa shape index (κ2) is 8.99. The molecule has 1 aliphatic heterocycles. The molecule has 0 fully saturated rings. The SMILES string of the molecule is CC1=CC(C)=Nc2cc3ccccc3cc2N/C(C)=C\C(C)=Nc2cc3ccccc3cc2N1. The van der Waals surface area contributed by atoms with Crippen molar-refractivity contribution in [1.82, 2.24) is 0 Å². The highest BCUT2D eigenvalue weighted by Gasteiger charge is 2.09. The summed E-state index contributed by atoms with van der Waals surface area (Å²) in [6.07, 6.45) is 4.14. The van der Waals surface area contributed by atoms with Gasteiger partial charge in [-0.1, -0.05) is 48.5 Å². The molecule has 0 amide bonds. The van der Waals surface area contributed by atoms with Crippen molar-refractivity contribution in [2.45, 2.75) is 27.7 Å². The van der Waals surface area contributed by atoms with E-state index in [1.165, 1.54) is 21.5 Å². The number of anilines is 2. The maximum Gasteiger partial charge on any atom is 0.0873 e. The molecule has 0 saturated heterocycles. The van der Waals surface area contributed by atoms with Gasteiger partial charge in [-0.2, -0.15) is 0 Å². The normalized spacial score (nSPS) is 16.0. The summed E-state index contributed by atoms with van der Waals surface area (Å²) in [6, 6.07) is 25.3. The van der Waals surface area contributed by atoms with Crippen molar-refractivity contribution in [1.29, 1.82) is 0 Å². The molecule has 0 radical (unpaired) electrons. The molecule has 0 aliphatic carbocycles. The highest BCUT2D eigenvalue weighted by atomic mass is 14.9. The van der Waals surface area contributed by atoms with Crippen LogP contribution in [-0.4, -0.2) is 11.4 Å². The molecule has 4 aromatic carbocycles. The first-order valence-electron chi connectivity index (χ1n) is 11.5. The number of benzene rings is 4. The summed E-state index contributed by atoms with van der Waals surface area (Å²) in [7, 11) is 0. The summed E-state index contributed by atoms with van der Waals surface area (Å²) in [5.41, 5.74) is 7.61. The van der Waals surface area contributed by atoms with E-state index in [2.05, 4.69) is 109 Å². The molecule has 4 nitrogen and oxygen atoms in total. The summed E-state index contributed by atoms with van der Waals surface area (Å²) in [6.45, 7) is 8.18. The van der Waals surface area contributed by atoms with Crippen molar-refractivity contribution in [2.75, 3.05) is 10.6 Å². The number of aliphatic imine (C=N–C) groups is 2. The zero-order valence-electron chi connectivity index (χ0n) is 20.0. The minimum atomic E-state index is 0.908. The molecular formula is C30H28N4. The minimum Gasteiger partial charge on any atom is -0.357 e. The van der Waals surface area contributed by atoms with Crippen molar-refractivity contribution in [3.8, 4) is 0 Å². The average Bonchev–Trinajstić information content (AvgIpc) is 2.79. The predicted molar refractivity (Wildman–Crippen MR) is 148 cm³/mol. The zero-order valence-corrected chi connectivity index (χ0v) is 20.0. The smallest absolute Gasteiger partial charge is 0.0873 e. The number of hydrogen-bond acceptors (Lipinski definition) is 4. The quantitative estimate of drug-likeness (QED) is 0.285. The van der Waals surface area contributed by atoms with Crippen LogP contribution < -0.4 is 10.6 Å². The standard InChI is InChI=1S/C30H28N4/c1-19-13-20(2)32-29-17-25-11-7-8-12-26(25)18-30(29)34-22(4)14-21(3)33-28-16-24-10-6-5-9-23(24)15-27(28)31-19/h5-18,31,34H,1-4H3/b19-13-,22-14?,32-20?,33-21?. The van der Waals surface area contributed by atoms with E-state index >= 15 is 0 Å². The van der Waals surface area contributed by atoms with E-state index in [9.17, 15) is 0 Å². The first-order chi connectivity index (χ1) is 16.4. The highest BCUT2D eigenvalue weighted by Crippen LogP contribution is 2.34. The lowest BCUT2D eigenvalue weighted by atomic mass is 10.1. The maximum atomic E-state index is 4.97. The molecule has 0 atom stereocenters. The van der Waals surface area contributed by atoms with Crippen LogP contribution in [0.15, 0.2) is 106 Å². The third kappa shape index (κ3) is 4.62. The van der Waals surface area contributed by atoms with Gasteiger partial charge < -0.3 is 10.6 Å². The van der Waals surface area contributed by atoms with E-state index in [0.29, 0.717) is 0 Å². The van der Waals surface area contributed by atoms with Crippen LogP contribution in [0.25, 0.3) is 21.5 Å². The molecule has 168 valence electrons. The van der Waals surface area contributed by atoms with Crippen LogP contribution in [0, 0.1) is 0 Å². The van der Waals surface area contributed by atoms with Crippen LogP contribution in [0.1, 0.15) is 27.7 Å². The molecule has 2 N–H and O–H groups in total.